The van der Waals surface area contributed by atoms with Crippen molar-refractivity contribution in [2.45, 2.75) is 39.3 Å². The van der Waals surface area contributed by atoms with Crippen molar-refractivity contribution in [3.63, 3.8) is 0 Å². The van der Waals surface area contributed by atoms with Crippen LogP contribution in [0.3, 0.4) is 0 Å². The SMILES string of the molecule is CC(Nc1ccc(C(=O)NC(C)(CN)C(C)C)cc1[N+](=O)[O-])c1ccccn1. The Labute approximate surface area is 164 Å². The predicted octanol–water partition coefficient (Wildman–Crippen LogP) is 3.27. The van der Waals surface area contributed by atoms with E-state index in [0.717, 1.165) is 5.69 Å². The summed E-state index contributed by atoms with van der Waals surface area (Å²) in [5.74, 6) is -0.286. The Hall–Kier alpha value is -3.00. The number of anilines is 1. The van der Waals surface area contributed by atoms with Crippen LogP contribution in [0.4, 0.5) is 11.4 Å². The molecule has 8 heteroatoms. The second kappa shape index (κ2) is 8.79. The largest absolute Gasteiger partial charge is 0.371 e. The Morgan fingerprint density at radius 1 is 1.29 bits per heavy atom. The number of rotatable bonds is 8. The van der Waals surface area contributed by atoms with Gasteiger partial charge in [0.1, 0.15) is 5.69 Å². The van der Waals surface area contributed by atoms with Crippen LogP contribution in [-0.4, -0.2) is 27.9 Å². The first-order chi connectivity index (χ1) is 13.2. The maximum Gasteiger partial charge on any atom is 0.293 e. The van der Waals surface area contributed by atoms with Crippen LogP contribution in [0.15, 0.2) is 42.6 Å². The van der Waals surface area contributed by atoms with Gasteiger partial charge in [0.25, 0.3) is 11.6 Å². The normalized spacial score (nSPS) is 14.2. The number of hydrogen-bond acceptors (Lipinski definition) is 6. The van der Waals surface area contributed by atoms with Crippen molar-refractivity contribution in [2.75, 3.05) is 11.9 Å². The van der Waals surface area contributed by atoms with Gasteiger partial charge in [-0.05, 0) is 44.0 Å². The van der Waals surface area contributed by atoms with Crippen LogP contribution < -0.4 is 16.4 Å². The standard InChI is InChI=1S/C20H27N5O3/c1-13(2)20(4,12-21)24-19(26)15-8-9-17(18(11-15)25(27)28)23-14(3)16-7-5-6-10-22-16/h5-11,13-14,23H,12,21H2,1-4H3,(H,24,26). The van der Waals surface area contributed by atoms with E-state index < -0.39 is 16.4 Å². The Morgan fingerprint density at radius 3 is 2.54 bits per heavy atom. The summed E-state index contributed by atoms with van der Waals surface area (Å²) in [5.41, 5.74) is 6.33. The molecule has 0 saturated heterocycles. The number of nitrogens with one attached hydrogen (secondary N) is 2. The third-order valence-electron chi connectivity index (χ3n) is 5.06. The van der Waals surface area contributed by atoms with Crippen molar-refractivity contribution in [2.24, 2.45) is 11.7 Å². The molecule has 0 saturated carbocycles. The quantitative estimate of drug-likeness (QED) is 0.473. The lowest BCUT2D eigenvalue weighted by molar-refractivity contribution is -0.384. The monoisotopic (exact) mass is 385 g/mol. The lowest BCUT2D eigenvalue weighted by Gasteiger charge is -2.33. The lowest BCUT2D eigenvalue weighted by Crippen LogP contribution is -2.55. The average Bonchev–Trinajstić information content (AvgIpc) is 2.68. The number of aromatic nitrogens is 1. The summed E-state index contributed by atoms with van der Waals surface area (Å²) in [7, 11) is 0. The van der Waals surface area contributed by atoms with Crippen molar-refractivity contribution < 1.29 is 9.72 Å². The van der Waals surface area contributed by atoms with Crippen LogP contribution in [-0.2, 0) is 0 Å². The van der Waals surface area contributed by atoms with E-state index in [2.05, 4.69) is 15.6 Å². The topological polar surface area (TPSA) is 123 Å². The molecular formula is C20H27N5O3. The molecule has 1 aromatic heterocycles. The second-order valence-corrected chi connectivity index (χ2v) is 7.34. The Morgan fingerprint density at radius 2 is 2.00 bits per heavy atom. The first-order valence-electron chi connectivity index (χ1n) is 9.16. The second-order valence-electron chi connectivity index (χ2n) is 7.34. The number of pyridine rings is 1. The van der Waals surface area contributed by atoms with Crippen molar-refractivity contribution in [3.05, 3.63) is 64.0 Å². The molecule has 0 bridgehead atoms. The van der Waals surface area contributed by atoms with E-state index in [1.165, 1.54) is 6.07 Å². The summed E-state index contributed by atoms with van der Waals surface area (Å²) in [6, 6.07) is 9.64. The van der Waals surface area contributed by atoms with Gasteiger partial charge in [0.05, 0.1) is 22.2 Å². The fourth-order valence-corrected chi connectivity index (χ4v) is 2.65. The molecule has 0 aliphatic heterocycles. The van der Waals surface area contributed by atoms with Gasteiger partial charge < -0.3 is 16.4 Å². The van der Waals surface area contributed by atoms with Crippen LogP contribution in [0.1, 0.15) is 49.8 Å². The van der Waals surface area contributed by atoms with E-state index in [0.29, 0.717) is 5.69 Å². The Bertz CT molecular complexity index is 841. The number of nitrogens with zero attached hydrogens (tertiary/aromatic N) is 2. The van der Waals surface area contributed by atoms with Crippen molar-refractivity contribution in [1.82, 2.24) is 10.3 Å². The number of benzene rings is 1. The molecule has 8 nitrogen and oxygen atoms in total. The molecule has 0 spiro atoms. The Kier molecular flexibility index (Phi) is 6.69. The first-order valence-corrected chi connectivity index (χ1v) is 9.16. The molecule has 1 heterocycles. The van der Waals surface area contributed by atoms with Crippen LogP contribution >= 0.6 is 0 Å². The minimum atomic E-state index is -0.601. The molecule has 28 heavy (non-hydrogen) atoms. The molecule has 1 aromatic carbocycles. The maximum absolute atomic E-state index is 12.6. The number of amides is 1. The molecule has 2 atom stereocenters. The molecule has 4 N–H and O–H groups in total. The van der Waals surface area contributed by atoms with Crippen molar-refractivity contribution >= 4 is 17.3 Å². The summed E-state index contributed by atoms with van der Waals surface area (Å²) in [6.45, 7) is 7.90. The summed E-state index contributed by atoms with van der Waals surface area (Å²) in [5, 5.41) is 17.6. The van der Waals surface area contributed by atoms with Gasteiger partial charge >= 0.3 is 0 Å². The molecule has 0 aliphatic carbocycles. The highest BCUT2D eigenvalue weighted by Crippen LogP contribution is 2.29. The van der Waals surface area contributed by atoms with E-state index in [4.69, 9.17) is 5.73 Å². The Balaban J connectivity index is 2.27. The number of carbonyl (C=O) groups excluding carboxylic acids is 1. The zero-order valence-electron chi connectivity index (χ0n) is 16.6. The highest BCUT2D eigenvalue weighted by Gasteiger charge is 2.29. The van der Waals surface area contributed by atoms with Gasteiger partial charge in [-0.3, -0.25) is 19.9 Å². The molecule has 2 rings (SSSR count). The summed E-state index contributed by atoms with van der Waals surface area (Å²) >= 11 is 0. The first kappa shape index (κ1) is 21.3. The highest BCUT2D eigenvalue weighted by molar-refractivity contribution is 5.96. The predicted molar refractivity (Wildman–Crippen MR) is 109 cm³/mol. The summed E-state index contributed by atoms with van der Waals surface area (Å²) in [6.07, 6.45) is 1.67. The number of carbonyl (C=O) groups is 1. The van der Waals surface area contributed by atoms with Gasteiger partial charge in [0.15, 0.2) is 0 Å². The molecule has 2 unspecified atom stereocenters. The third-order valence-corrected chi connectivity index (χ3v) is 5.06. The molecule has 2 aromatic rings. The van der Waals surface area contributed by atoms with Gasteiger partial charge in [-0.15, -0.1) is 0 Å². The lowest BCUT2D eigenvalue weighted by atomic mass is 9.88. The van der Waals surface area contributed by atoms with Gasteiger partial charge in [-0.1, -0.05) is 19.9 Å². The highest BCUT2D eigenvalue weighted by atomic mass is 16.6. The van der Waals surface area contributed by atoms with E-state index in [-0.39, 0.29) is 29.8 Å². The molecule has 150 valence electrons. The van der Waals surface area contributed by atoms with E-state index in [9.17, 15) is 14.9 Å². The zero-order valence-corrected chi connectivity index (χ0v) is 16.6. The number of hydrogen-bond donors (Lipinski definition) is 3. The van der Waals surface area contributed by atoms with Gasteiger partial charge in [0, 0.05) is 24.4 Å². The van der Waals surface area contributed by atoms with Crippen LogP contribution in [0, 0.1) is 16.0 Å². The fourth-order valence-electron chi connectivity index (χ4n) is 2.65. The molecule has 1 amide bonds. The summed E-state index contributed by atoms with van der Waals surface area (Å²) < 4.78 is 0. The summed E-state index contributed by atoms with van der Waals surface area (Å²) in [4.78, 5) is 27.9. The zero-order chi connectivity index (χ0) is 20.9. The maximum atomic E-state index is 12.6. The van der Waals surface area contributed by atoms with Crippen LogP contribution in [0.2, 0.25) is 0 Å². The van der Waals surface area contributed by atoms with Crippen molar-refractivity contribution in [3.8, 4) is 0 Å². The van der Waals surface area contributed by atoms with Gasteiger partial charge in [-0.25, -0.2) is 0 Å². The average molecular weight is 385 g/mol. The number of nitro benzene ring substituents is 1. The van der Waals surface area contributed by atoms with E-state index >= 15 is 0 Å². The minimum absolute atomic E-state index is 0.108. The van der Waals surface area contributed by atoms with Crippen molar-refractivity contribution in [1.29, 1.82) is 0 Å². The molecule has 0 aliphatic rings. The van der Waals surface area contributed by atoms with Gasteiger partial charge in [0.2, 0.25) is 0 Å². The third kappa shape index (κ3) is 4.83. The smallest absolute Gasteiger partial charge is 0.293 e. The molecule has 0 fully saturated rings. The van der Waals surface area contributed by atoms with Crippen LogP contribution in [0.25, 0.3) is 0 Å². The van der Waals surface area contributed by atoms with E-state index in [1.54, 1.807) is 24.4 Å². The molecule has 0 radical (unpaired) electrons. The van der Waals surface area contributed by atoms with Crippen LogP contribution in [0.5, 0.6) is 0 Å². The van der Waals surface area contributed by atoms with Gasteiger partial charge in [-0.2, -0.15) is 0 Å². The molecular weight excluding hydrogens is 358 g/mol. The number of nitrogens with two attached hydrogens (primary N) is 1. The van der Waals surface area contributed by atoms with E-state index in [1.807, 2.05) is 39.8 Å². The number of nitro groups is 1. The minimum Gasteiger partial charge on any atom is -0.371 e. The fraction of sp³-hybridized carbons (Fsp3) is 0.400.